The van der Waals surface area contributed by atoms with E-state index in [1.165, 1.54) is 22.9 Å². The molecule has 0 aliphatic heterocycles. The summed E-state index contributed by atoms with van der Waals surface area (Å²) < 4.78 is 0. The summed E-state index contributed by atoms with van der Waals surface area (Å²) in [7, 11) is 0. The number of rotatable bonds is 7. The van der Waals surface area contributed by atoms with Crippen molar-refractivity contribution in [1.29, 1.82) is 0 Å². The first kappa shape index (κ1) is 16.0. The number of aromatic nitrogens is 1. The van der Waals surface area contributed by atoms with E-state index in [4.69, 9.17) is 4.98 Å². The molecule has 104 valence electrons. The highest BCUT2D eigenvalue weighted by Gasteiger charge is 2.18. The van der Waals surface area contributed by atoms with Crippen molar-refractivity contribution < 1.29 is 0 Å². The Morgan fingerprint density at radius 2 is 2.17 bits per heavy atom. The summed E-state index contributed by atoms with van der Waals surface area (Å²) in [6, 6.07) is 0.571. The molecule has 0 spiro atoms. The zero-order valence-electron chi connectivity index (χ0n) is 12.2. The summed E-state index contributed by atoms with van der Waals surface area (Å²) in [5, 5.41) is 7.05. The van der Waals surface area contributed by atoms with Gasteiger partial charge in [0.15, 0.2) is 0 Å². The van der Waals surface area contributed by atoms with Gasteiger partial charge in [-0.3, -0.25) is 0 Å². The third kappa shape index (κ3) is 5.29. The topological polar surface area (TPSA) is 24.9 Å². The lowest BCUT2D eigenvalue weighted by molar-refractivity contribution is 0.509. The summed E-state index contributed by atoms with van der Waals surface area (Å²) in [6.45, 7) is 9.88. The minimum Gasteiger partial charge on any atom is -0.314 e. The van der Waals surface area contributed by atoms with E-state index >= 15 is 0 Å². The normalized spacial score (nSPS) is 13.8. The van der Waals surface area contributed by atoms with Gasteiger partial charge in [-0.25, -0.2) is 4.98 Å². The van der Waals surface area contributed by atoms with Crippen LogP contribution in [0.1, 0.15) is 44.8 Å². The number of thioether (sulfide) groups is 1. The first-order chi connectivity index (χ1) is 8.47. The van der Waals surface area contributed by atoms with E-state index in [1.807, 2.05) is 11.8 Å². The molecule has 4 heteroatoms. The van der Waals surface area contributed by atoms with E-state index in [0.717, 1.165) is 13.0 Å². The summed E-state index contributed by atoms with van der Waals surface area (Å²) in [5.41, 5.74) is 1.39. The molecule has 1 heterocycles. The maximum Gasteiger partial charge on any atom is 0.0944 e. The van der Waals surface area contributed by atoms with Crippen molar-refractivity contribution in [1.82, 2.24) is 10.3 Å². The molecule has 0 saturated heterocycles. The molecule has 1 N–H and O–H groups in total. The van der Waals surface area contributed by atoms with Crippen LogP contribution in [0.5, 0.6) is 0 Å². The summed E-state index contributed by atoms with van der Waals surface area (Å²) in [5.74, 6) is 1.22. The van der Waals surface area contributed by atoms with Crippen LogP contribution in [0.4, 0.5) is 0 Å². The molecule has 0 aliphatic carbocycles. The molecule has 0 fully saturated rings. The quantitative estimate of drug-likeness (QED) is 0.827. The Kier molecular flexibility index (Phi) is 6.67. The fourth-order valence-corrected chi connectivity index (χ4v) is 3.41. The van der Waals surface area contributed by atoms with E-state index in [1.54, 1.807) is 11.3 Å². The fraction of sp³-hybridized carbons (Fsp3) is 0.786. The largest absolute Gasteiger partial charge is 0.314 e. The maximum atomic E-state index is 4.78. The van der Waals surface area contributed by atoms with Crippen molar-refractivity contribution in [2.24, 2.45) is 0 Å². The van der Waals surface area contributed by atoms with Crippen molar-refractivity contribution in [3.8, 4) is 0 Å². The molecule has 1 rings (SSSR count). The van der Waals surface area contributed by atoms with E-state index in [2.05, 4.69) is 44.6 Å². The molecule has 18 heavy (non-hydrogen) atoms. The first-order valence-corrected chi connectivity index (χ1v) is 8.92. The van der Waals surface area contributed by atoms with Gasteiger partial charge in [-0.1, -0.05) is 27.7 Å². The molecule has 0 saturated carbocycles. The van der Waals surface area contributed by atoms with Crippen molar-refractivity contribution in [2.75, 3.05) is 18.6 Å². The van der Waals surface area contributed by atoms with Crippen LogP contribution in [0, 0.1) is 0 Å². The van der Waals surface area contributed by atoms with Gasteiger partial charge in [-0.15, -0.1) is 11.3 Å². The van der Waals surface area contributed by atoms with E-state index in [9.17, 15) is 0 Å². The Bertz CT molecular complexity index is 342. The third-order valence-electron chi connectivity index (χ3n) is 2.90. The molecule has 1 aromatic heterocycles. The predicted molar refractivity (Wildman–Crippen MR) is 85.0 cm³/mol. The number of hydrogen-bond acceptors (Lipinski definition) is 4. The Morgan fingerprint density at radius 3 is 2.67 bits per heavy atom. The highest BCUT2D eigenvalue weighted by atomic mass is 32.2. The predicted octanol–water partition coefficient (Wildman–Crippen LogP) is 3.71. The van der Waals surface area contributed by atoms with Gasteiger partial charge in [0.25, 0.3) is 0 Å². The molecule has 0 radical (unpaired) electrons. The Balaban J connectivity index is 2.60. The zero-order chi connectivity index (χ0) is 13.6. The van der Waals surface area contributed by atoms with Crippen molar-refractivity contribution in [2.45, 2.75) is 52.0 Å². The van der Waals surface area contributed by atoms with Crippen LogP contribution in [-0.2, 0) is 11.8 Å². The molecule has 0 amide bonds. The standard InChI is InChI=1S/C14H26N2S2/c1-6-15-11(7-8-17-5)9-13-16-12(10-18-13)14(2,3)4/h10-11,15H,6-9H2,1-5H3. The number of thiazole rings is 1. The van der Waals surface area contributed by atoms with Gasteiger partial charge >= 0.3 is 0 Å². The Morgan fingerprint density at radius 1 is 1.44 bits per heavy atom. The lowest BCUT2D eigenvalue weighted by Crippen LogP contribution is -2.31. The Hall–Kier alpha value is -0.0600. The molecular weight excluding hydrogens is 260 g/mol. The second-order valence-corrected chi connectivity index (χ2v) is 7.54. The smallest absolute Gasteiger partial charge is 0.0944 e. The Labute approximate surface area is 120 Å². The molecule has 1 atom stereocenters. The van der Waals surface area contributed by atoms with Gasteiger partial charge in [-0.2, -0.15) is 11.8 Å². The first-order valence-electron chi connectivity index (χ1n) is 6.64. The molecule has 2 nitrogen and oxygen atoms in total. The SMILES string of the molecule is CCNC(CCSC)Cc1nc(C(C)(C)C)cs1. The molecule has 0 aromatic carbocycles. The highest BCUT2D eigenvalue weighted by molar-refractivity contribution is 7.98. The summed E-state index contributed by atoms with van der Waals surface area (Å²) in [6.07, 6.45) is 4.46. The molecular formula is C14H26N2S2. The van der Waals surface area contributed by atoms with Crippen LogP contribution in [-0.4, -0.2) is 29.6 Å². The number of hydrogen-bond donors (Lipinski definition) is 1. The van der Waals surface area contributed by atoms with Crippen LogP contribution in [0.25, 0.3) is 0 Å². The number of nitrogens with zero attached hydrogens (tertiary/aromatic N) is 1. The third-order valence-corrected chi connectivity index (χ3v) is 4.42. The van der Waals surface area contributed by atoms with Gasteiger partial charge < -0.3 is 5.32 Å². The van der Waals surface area contributed by atoms with E-state index in [-0.39, 0.29) is 5.41 Å². The van der Waals surface area contributed by atoms with Crippen LogP contribution >= 0.6 is 23.1 Å². The van der Waals surface area contributed by atoms with E-state index < -0.39 is 0 Å². The fourth-order valence-electron chi connectivity index (χ4n) is 1.78. The lowest BCUT2D eigenvalue weighted by Gasteiger charge is -2.16. The molecule has 1 unspecified atom stereocenters. The minimum absolute atomic E-state index is 0.168. The van der Waals surface area contributed by atoms with Gasteiger partial charge in [0, 0.05) is 23.3 Å². The number of nitrogens with one attached hydrogen (secondary N) is 1. The highest BCUT2D eigenvalue weighted by Crippen LogP contribution is 2.24. The maximum absolute atomic E-state index is 4.78. The van der Waals surface area contributed by atoms with Gasteiger partial charge in [0.1, 0.15) is 0 Å². The van der Waals surface area contributed by atoms with Crippen LogP contribution in [0.15, 0.2) is 5.38 Å². The van der Waals surface area contributed by atoms with E-state index in [0.29, 0.717) is 6.04 Å². The second kappa shape index (κ2) is 7.51. The monoisotopic (exact) mass is 286 g/mol. The second-order valence-electron chi connectivity index (χ2n) is 5.62. The summed E-state index contributed by atoms with van der Waals surface area (Å²) >= 11 is 3.72. The molecule has 0 bridgehead atoms. The lowest BCUT2D eigenvalue weighted by atomic mass is 9.93. The van der Waals surface area contributed by atoms with Crippen molar-refractivity contribution in [3.63, 3.8) is 0 Å². The zero-order valence-corrected chi connectivity index (χ0v) is 13.9. The average Bonchev–Trinajstić information content (AvgIpc) is 2.74. The minimum atomic E-state index is 0.168. The molecule has 1 aromatic rings. The summed E-state index contributed by atoms with van der Waals surface area (Å²) in [4.78, 5) is 4.78. The van der Waals surface area contributed by atoms with Crippen LogP contribution in [0.3, 0.4) is 0 Å². The van der Waals surface area contributed by atoms with Gasteiger partial charge in [-0.05, 0) is 25.0 Å². The van der Waals surface area contributed by atoms with Gasteiger partial charge in [0.05, 0.1) is 10.7 Å². The van der Waals surface area contributed by atoms with Crippen LogP contribution in [0.2, 0.25) is 0 Å². The van der Waals surface area contributed by atoms with Crippen molar-refractivity contribution >= 4 is 23.1 Å². The molecule has 0 aliphatic rings. The average molecular weight is 287 g/mol. The van der Waals surface area contributed by atoms with Crippen LogP contribution < -0.4 is 5.32 Å². The van der Waals surface area contributed by atoms with Gasteiger partial charge in [0.2, 0.25) is 0 Å². The van der Waals surface area contributed by atoms with Crippen molar-refractivity contribution in [3.05, 3.63) is 16.1 Å². The number of likely N-dealkylation sites (N-methyl/N-ethyl adjacent to an activating group) is 1.